The average Bonchev–Trinajstić information content (AvgIpc) is 2.89. The Kier molecular flexibility index (Phi) is 7.84. The molecule has 2 aliphatic rings. The van der Waals surface area contributed by atoms with E-state index in [4.69, 9.17) is 10.00 Å². The fourth-order valence-corrected chi connectivity index (χ4v) is 4.64. The van der Waals surface area contributed by atoms with Crippen LogP contribution in [0.15, 0.2) is 65.9 Å². The van der Waals surface area contributed by atoms with Gasteiger partial charge < -0.3 is 15.0 Å². The van der Waals surface area contributed by atoms with E-state index in [1.54, 1.807) is 12.1 Å². The van der Waals surface area contributed by atoms with Gasteiger partial charge in [0.25, 0.3) is 5.91 Å². The van der Waals surface area contributed by atoms with Gasteiger partial charge >= 0.3 is 0 Å². The maximum absolute atomic E-state index is 13.3. The van der Waals surface area contributed by atoms with Crippen molar-refractivity contribution < 1.29 is 14.3 Å². The smallest absolute Gasteiger partial charge is 0.253 e. The number of hydrogen-bond acceptors (Lipinski definition) is 5. The lowest BCUT2D eigenvalue weighted by atomic mass is 9.88. The van der Waals surface area contributed by atoms with E-state index in [1.807, 2.05) is 62.1 Å². The molecule has 1 fully saturated rings. The van der Waals surface area contributed by atoms with Crippen molar-refractivity contribution in [2.75, 3.05) is 13.1 Å². The van der Waals surface area contributed by atoms with Gasteiger partial charge in [-0.15, -0.1) is 0 Å². The van der Waals surface area contributed by atoms with Gasteiger partial charge in [-0.1, -0.05) is 29.9 Å². The van der Waals surface area contributed by atoms with Crippen LogP contribution in [0.1, 0.15) is 67.4 Å². The molecule has 7 heteroatoms. The Hall–Kier alpha value is -3.92. The Morgan fingerprint density at radius 3 is 2.44 bits per heavy atom. The van der Waals surface area contributed by atoms with E-state index >= 15 is 0 Å². The Balaban J connectivity index is 1.33. The Morgan fingerprint density at radius 2 is 1.83 bits per heavy atom. The molecule has 1 aromatic carbocycles. The lowest BCUT2D eigenvalue weighted by molar-refractivity contribution is -0.128. The van der Waals surface area contributed by atoms with Gasteiger partial charge in [0.15, 0.2) is 0 Å². The summed E-state index contributed by atoms with van der Waals surface area (Å²) >= 11 is 0. The van der Waals surface area contributed by atoms with Crippen molar-refractivity contribution in [3.05, 3.63) is 82.6 Å². The van der Waals surface area contributed by atoms with Crippen molar-refractivity contribution in [2.45, 2.75) is 58.1 Å². The zero-order chi connectivity index (χ0) is 25.7. The lowest BCUT2D eigenvalue weighted by Crippen LogP contribution is -2.42. The SMILES string of the molecule is CC1=CC=C(C(=O)N2CCC(c3ccc(C#N)cc3)CC2)CC1NC(=O)c1ccc(OC(C)C)nc1. The molecule has 2 aromatic rings. The second-order valence-corrected chi connectivity index (χ2v) is 9.68. The third-order valence-electron chi connectivity index (χ3n) is 6.75. The highest BCUT2D eigenvalue weighted by Gasteiger charge is 2.29. The summed E-state index contributed by atoms with van der Waals surface area (Å²) < 4.78 is 5.54. The minimum Gasteiger partial charge on any atom is -0.475 e. The van der Waals surface area contributed by atoms with Crippen LogP contribution in [-0.2, 0) is 4.79 Å². The molecule has 0 bridgehead atoms. The Morgan fingerprint density at radius 1 is 1.11 bits per heavy atom. The van der Waals surface area contributed by atoms with Crippen LogP contribution < -0.4 is 10.1 Å². The van der Waals surface area contributed by atoms with Gasteiger partial charge in [0.05, 0.1) is 29.3 Å². The van der Waals surface area contributed by atoms with Gasteiger partial charge in [0.2, 0.25) is 11.8 Å². The molecule has 0 saturated carbocycles. The first-order valence-corrected chi connectivity index (χ1v) is 12.4. The summed E-state index contributed by atoms with van der Waals surface area (Å²) in [5.74, 6) is 0.678. The number of carbonyl (C=O) groups excluding carboxylic acids is 2. The minimum atomic E-state index is -0.246. The van der Waals surface area contributed by atoms with Crippen LogP contribution >= 0.6 is 0 Å². The molecule has 1 N–H and O–H groups in total. The number of ether oxygens (including phenoxy) is 1. The normalized spacial score (nSPS) is 18.2. The summed E-state index contributed by atoms with van der Waals surface area (Å²) in [4.78, 5) is 32.2. The monoisotopic (exact) mass is 484 g/mol. The number of nitrogens with zero attached hydrogens (tertiary/aromatic N) is 3. The molecule has 1 atom stereocenters. The first-order chi connectivity index (χ1) is 17.3. The molecule has 186 valence electrons. The quantitative estimate of drug-likeness (QED) is 0.650. The Bertz CT molecular complexity index is 1200. The molecule has 36 heavy (non-hydrogen) atoms. The summed E-state index contributed by atoms with van der Waals surface area (Å²) in [6, 6.07) is 13.0. The largest absolute Gasteiger partial charge is 0.475 e. The van der Waals surface area contributed by atoms with Crippen molar-refractivity contribution >= 4 is 11.8 Å². The summed E-state index contributed by atoms with van der Waals surface area (Å²) in [6.45, 7) is 7.19. The van der Waals surface area contributed by atoms with Crippen LogP contribution in [-0.4, -0.2) is 46.9 Å². The number of benzene rings is 1. The highest BCUT2D eigenvalue weighted by molar-refractivity contribution is 5.96. The zero-order valence-corrected chi connectivity index (χ0v) is 21.0. The molecule has 1 aliphatic heterocycles. The maximum atomic E-state index is 13.3. The van der Waals surface area contributed by atoms with E-state index in [1.165, 1.54) is 11.8 Å². The summed E-state index contributed by atoms with van der Waals surface area (Å²) in [5, 5.41) is 12.0. The summed E-state index contributed by atoms with van der Waals surface area (Å²) in [7, 11) is 0. The van der Waals surface area contributed by atoms with Gasteiger partial charge in [0, 0.05) is 37.3 Å². The molecular weight excluding hydrogens is 452 g/mol. The number of likely N-dealkylation sites (tertiary alicyclic amines) is 1. The van der Waals surface area contributed by atoms with Crippen LogP contribution in [0.4, 0.5) is 0 Å². The topological polar surface area (TPSA) is 95.3 Å². The van der Waals surface area contributed by atoms with E-state index in [9.17, 15) is 9.59 Å². The van der Waals surface area contributed by atoms with Crippen molar-refractivity contribution in [3.63, 3.8) is 0 Å². The number of amides is 2. The molecule has 7 nitrogen and oxygen atoms in total. The maximum Gasteiger partial charge on any atom is 0.253 e. The van der Waals surface area contributed by atoms with Gasteiger partial charge in [-0.2, -0.15) is 5.26 Å². The van der Waals surface area contributed by atoms with E-state index in [0.717, 1.165) is 18.4 Å². The molecule has 1 saturated heterocycles. The number of hydrogen-bond donors (Lipinski definition) is 1. The molecule has 1 aromatic heterocycles. The van der Waals surface area contributed by atoms with Crippen molar-refractivity contribution in [3.8, 4) is 11.9 Å². The fourth-order valence-electron chi connectivity index (χ4n) is 4.64. The van der Waals surface area contributed by atoms with Crippen LogP contribution in [0.3, 0.4) is 0 Å². The molecule has 1 aliphatic carbocycles. The summed E-state index contributed by atoms with van der Waals surface area (Å²) in [6.07, 6.45) is 7.57. The molecule has 2 amide bonds. The summed E-state index contributed by atoms with van der Waals surface area (Å²) in [5.41, 5.74) is 4.05. The third kappa shape index (κ3) is 6.01. The third-order valence-corrected chi connectivity index (χ3v) is 6.75. The number of pyridine rings is 1. The number of aromatic nitrogens is 1. The van der Waals surface area contributed by atoms with Crippen LogP contribution in [0.5, 0.6) is 5.88 Å². The van der Waals surface area contributed by atoms with Crippen molar-refractivity contribution in [2.24, 2.45) is 0 Å². The first-order valence-electron chi connectivity index (χ1n) is 12.4. The number of rotatable bonds is 6. The molecule has 0 spiro atoms. The van der Waals surface area contributed by atoms with Crippen LogP contribution in [0.25, 0.3) is 0 Å². The second-order valence-electron chi connectivity index (χ2n) is 9.68. The van der Waals surface area contributed by atoms with Crippen LogP contribution in [0.2, 0.25) is 0 Å². The molecular formula is C29H32N4O3. The molecule has 4 rings (SSSR count). The van der Waals surface area contributed by atoms with E-state index in [2.05, 4.69) is 16.4 Å². The minimum absolute atomic E-state index is 0.0108. The second kappa shape index (κ2) is 11.2. The van der Waals surface area contributed by atoms with Crippen molar-refractivity contribution in [1.82, 2.24) is 15.2 Å². The first kappa shape index (κ1) is 25.2. The van der Waals surface area contributed by atoms with E-state index in [0.29, 0.717) is 48.0 Å². The molecule has 1 unspecified atom stereocenters. The number of carbonyl (C=O) groups is 2. The van der Waals surface area contributed by atoms with E-state index in [-0.39, 0.29) is 24.0 Å². The zero-order valence-electron chi connectivity index (χ0n) is 21.0. The van der Waals surface area contributed by atoms with Gasteiger partial charge in [-0.3, -0.25) is 9.59 Å². The van der Waals surface area contributed by atoms with Gasteiger partial charge in [-0.25, -0.2) is 4.98 Å². The highest BCUT2D eigenvalue weighted by atomic mass is 16.5. The molecule has 2 heterocycles. The Labute approximate surface area is 212 Å². The van der Waals surface area contributed by atoms with Gasteiger partial charge in [0.1, 0.15) is 0 Å². The number of piperidine rings is 1. The number of nitrogens with one attached hydrogen (secondary N) is 1. The standard InChI is InChI=1S/C29H32N4O3/c1-19(2)36-27-11-10-25(18-31-27)28(34)32-26-16-24(7-4-20(26)3)29(35)33-14-12-23(13-15-33)22-8-5-21(17-30)6-9-22/h4-11,18-19,23,26H,12-16H2,1-3H3,(H,32,34). The number of nitriles is 1. The predicted octanol–water partition coefficient (Wildman–Crippen LogP) is 4.52. The van der Waals surface area contributed by atoms with Crippen molar-refractivity contribution in [1.29, 1.82) is 5.26 Å². The highest BCUT2D eigenvalue weighted by Crippen LogP contribution is 2.30. The van der Waals surface area contributed by atoms with Crippen LogP contribution in [0, 0.1) is 11.3 Å². The number of allylic oxidation sites excluding steroid dienone is 2. The van der Waals surface area contributed by atoms with Gasteiger partial charge in [-0.05, 0) is 63.3 Å². The van der Waals surface area contributed by atoms with E-state index < -0.39 is 0 Å². The average molecular weight is 485 g/mol. The fraction of sp³-hybridized carbons (Fsp3) is 0.379. The lowest BCUT2D eigenvalue weighted by Gasteiger charge is -2.34. The molecule has 0 radical (unpaired) electrons. The predicted molar refractivity (Wildman–Crippen MR) is 137 cm³/mol.